The number of nitrogens with zero attached hydrogens (tertiary/aromatic N) is 3. The Bertz CT molecular complexity index is 909. The van der Waals surface area contributed by atoms with Gasteiger partial charge in [0.2, 0.25) is 0 Å². The van der Waals surface area contributed by atoms with E-state index in [1.54, 1.807) is 11.8 Å². The average Bonchev–Trinajstić information content (AvgIpc) is 3.03. The molecule has 0 unspecified atom stereocenters. The van der Waals surface area contributed by atoms with Crippen LogP contribution in [-0.2, 0) is 17.8 Å². The van der Waals surface area contributed by atoms with Crippen LogP contribution in [0.2, 0.25) is 0 Å². The van der Waals surface area contributed by atoms with Crippen molar-refractivity contribution < 1.29 is 9.47 Å². The van der Waals surface area contributed by atoms with E-state index in [1.807, 2.05) is 49.4 Å². The summed E-state index contributed by atoms with van der Waals surface area (Å²) in [5, 5.41) is 14.0. The minimum atomic E-state index is 0.279. The van der Waals surface area contributed by atoms with Gasteiger partial charge < -0.3 is 9.47 Å². The first kappa shape index (κ1) is 18.7. The minimum absolute atomic E-state index is 0.279. The Morgan fingerprint density at radius 3 is 2.48 bits per heavy atom. The fraction of sp³-hybridized carbons (Fsp3) is 0.273. The van der Waals surface area contributed by atoms with Crippen LogP contribution in [-0.4, -0.2) is 23.5 Å². The number of para-hydroxylation sites is 1. The van der Waals surface area contributed by atoms with Crippen LogP contribution in [0.1, 0.15) is 28.9 Å². The van der Waals surface area contributed by atoms with Crippen LogP contribution in [0.5, 0.6) is 5.75 Å². The van der Waals surface area contributed by atoms with Crippen molar-refractivity contribution in [3.8, 4) is 17.5 Å². The van der Waals surface area contributed by atoms with Gasteiger partial charge in [-0.2, -0.15) is 10.4 Å². The molecule has 0 aliphatic heterocycles. The zero-order valence-electron chi connectivity index (χ0n) is 15.7. The number of benzene rings is 2. The maximum absolute atomic E-state index is 9.53. The standard InChI is InChI=1S/C22H23N3O2/c1-17-21(15-23)22(25(24-17)19-8-4-3-5-9-19)16-27-20-12-10-18(11-13-20)7-6-14-26-2/h3-5,8-13H,6-7,14,16H2,1-2H3. The van der Waals surface area contributed by atoms with Crippen molar-refractivity contribution in [2.24, 2.45) is 0 Å². The Hall–Kier alpha value is -3.10. The molecule has 5 nitrogen and oxygen atoms in total. The number of hydrogen-bond donors (Lipinski definition) is 0. The van der Waals surface area contributed by atoms with E-state index in [0.717, 1.165) is 36.6 Å². The lowest BCUT2D eigenvalue weighted by atomic mass is 10.1. The summed E-state index contributed by atoms with van der Waals surface area (Å²) >= 11 is 0. The van der Waals surface area contributed by atoms with Crippen LogP contribution in [0.3, 0.4) is 0 Å². The lowest BCUT2D eigenvalue weighted by molar-refractivity contribution is 0.195. The van der Waals surface area contributed by atoms with Crippen LogP contribution in [0.4, 0.5) is 0 Å². The lowest BCUT2D eigenvalue weighted by Crippen LogP contribution is -2.07. The van der Waals surface area contributed by atoms with Gasteiger partial charge in [-0.15, -0.1) is 0 Å². The maximum atomic E-state index is 9.53. The molecule has 3 aromatic rings. The summed E-state index contributed by atoms with van der Waals surface area (Å²) in [6.07, 6.45) is 1.98. The van der Waals surface area contributed by atoms with E-state index in [-0.39, 0.29) is 6.61 Å². The average molecular weight is 361 g/mol. The topological polar surface area (TPSA) is 60.1 Å². The molecule has 0 saturated heterocycles. The molecule has 0 radical (unpaired) electrons. The molecule has 0 N–H and O–H groups in total. The Morgan fingerprint density at radius 1 is 1.07 bits per heavy atom. The van der Waals surface area contributed by atoms with Crippen molar-refractivity contribution >= 4 is 0 Å². The summed E-state index contributed by atoms with van der Waals surface area (Å²) in [6, 6.07) is 20.1. The molecule has 0 aliphatic carbocycles. The van der Waals surface area contributed by atoms with Crippen LogP contribution in [0.25, 0.3) is 5.69 Å². The van der Waals surface area contributed by atoms with Crippen molar-refractivity contribution in [3.05, 3.63) is 77.1 Å². The van der Waals surface area contributed by atoms with Gasteiger partial charge in [0.15, 0.2) is 0 Å². The van der Waals surface area contributed by atoms with Gasteiger partial charge >= 0.3 is 0 Å². The number of aryl methyl sites for hydroxylation is 2. The molecule has 0 amide bonds. The summed E-state index contributed by atoms with van der Waals surface area (Å²) in [5.41, 5.74) is 4.19. The largest absolute Gasteiger partial charge is 0.487 e. The summed E-state index contributed by atoms with van der Waals surface area (Å²) in [7, 11) is 1.72. The third-order valence-corrected chi connectivity index (χ3v) is 4.38. The number of methoxy groups -OCH3 is 1. The molecule has 27 heavy (non-hydrogen) atoms. The van der Waals surface area contributed by atoms with Crippen molar-refractivity contribution in [1.29, 1.82) is 5.26 Å². The maximum Gasteiger partial charge on any atom is 0.132 e. The molecule has 0 atom stereocenters. The normalized spacial score (nSPS) is 10.6. The zero-order chi connectivity index (χ0) is 19.1. The smallest absolute Gasteiger partial charge is 0.132 e. The van der Waals surface area contributed by atoms with Gasteiger partial charge in [0.25, 0.3) is 0 Å². The predicted molar refractivity (Wildman–Crippen MR) is 104 cm³/mol. The molecule has 138 valence electrons. The molecule has 1 heterocycles. The van der Waals surface area contributed by atoms with Crippen LogP contribution in [0.15, 0.2) is 54.6 Å². The Labute approximate surface area is 159 Å². The molecule has 0 bridgehead atoms. The second-order valence-corrected chi connectivity index (χ2v) is 6.30. The third-order valence-electron chi connectivity index (χ3n) is 4.38. The molecule has 0 spiro atoms. The highest BCUT2D eigenvalue weighted by Gasteiger charge is 2.16. The Morgan fingerprint density at radius 2 is 1.81 bits per heavy atom. The summed E-state index contributed by atoms with van der Waals surface area (Å²) in [5.74, 6) is 0.771. The fourth-order valence-electron chi connectivity index (χ4n) is 2.96. The van der Waals surface area contributed by atoms with Gasteiger partial charge in [-0.25, -0.2) is 4.68 Å². The first-order valence-electron chi connectivity index (χ1n) is 8.97. The van der Waals surface area contributed by atoms with Crippen molar-refractivity contribution in [1.82, 2.24) is 9.78 Å². The van der Waals surface area contributed by atoms with Crippen molar-refractivity contribution in [2.75, 3.05) is 13.7 Å². The fourth-order valence-corrected chi connectivity index (χ4v) is 2.96. The highest BCUT2D eigenvalue weighted by atomic mass is 16.5. The number of aromatic nitrogens is 2. The second kappa shape index (κ2) is 9.02. The number of hydrogen-bond acceptors (Lipinski definition) is 4. The SMILES string of the molecule is COCCCc1ccc(OCc2c(C#N)c(C)nn2-c2ccccc2)cc1. The summed E-state index contributed by atoms with van der Waals surface area (Å²) in [6.45, 7) is 2.88. The molecule has 0 saturated carbocycles. The number of nitriles is 1. The van der Waals surface area contributed by atoms with E-state index in [4.69, 9.17) is 9.47 Å². The molecule has 2 aromatic carbocycles. The van der Waals surface area contributed by atoms with Crippen LogP contribution >= 0.6 is 0 Å². The third kappa shape index (κ3) is 4.55. The van der Waals surface area contributed by atoms with Crippen molar-refractivity contribution in [3.63, 3.8) is 0 Å². The lowest BCUT2D eigenvalue weighted by Gasteiger charge is -2.10. The van der Waals surface area contributed by atoms with Crippen molar-refractivity contribution in [2.45, 2.75) is 26.4 Å². The second-order valence-electron chi connectivity index (χ2n) is 6.30. The van der Waals surface area contributed by atoms with E-state index in [2.05, 4.69) is 23.3 Å². The molecular weight excluding hydrogens is 338 g/mol. The Kier molecular flexibility index (Phi) is 6.24. The zero-order valence-corrected chi connectivity index (χ0v) is 15.7. The summed E-state index contributed by atoms with van der Waals surface area (Å²) in [4.78, 5) is 0. The van der Waals surface area contributed by atoms with Crippen LogP contribution < -0.4 is 4.74 Å². The van der Waals surface area contributed by atoms with E-state index < -0.39 is 0 Å². The highest BCUT2D eigenvalue weighted by Crippen LogP contribution is 2.21. The molecular formula is C22H23N3O2. The van der Waals surface area contributed by atoms with Gasteiger partial charge in [-0.3, -0.25) is 0 Å². The molecule has 0 fully saturated rings. The minimum Gasteiger partial charge on any atom is -0.487 e. The quantitative estimate of drug-likeness (QED) is 0.564. The van der Waals surface area contributed by atoms with Gasteiger partial charge in [0.1, 0.15) is 24.0 Å². The van der Waals surface area contributed by atoms with Gasteiger partial charge in [0, 0.05) is 13.7 Å². The molecule has 0 aliphatic rings. The monoisotopic (exact) mass is 361 g/mol. The van der Waals surface area contributed by atoms with Gasteiger partial charge in [-0.05, 0) is 49.6 Å². The van der Waals surface area contributed by atoms with Gasteiger partial charge in [-0.1, -0.05) is 30.3 Å². The highest BCUT2D eigenvalue weighted by molar-refractivity contribution is 5.43. The predicted octanol–water partition coefficient (Wildman–Crippen LogP) is 4.21. The number of ether oxygens (including phenoxy) is 2. The first-order chi connectivity index (χ1) is 13.2. The summed E-state index contributed by atoms with van der Waals surface area (Å²) < 4.78 is 12.8. The molecule has 5 heteroatoms. The van der Waals surface area contributed by atoms with E-state index in [9.17, 15) is 5.26 Å². The number of rotatable bonds is 8. The van der Waals surface area contributed by atoms with E-state index in [0.29, 0.717) is 11.3 Å². The Balaban J connectivity index is 1.75. The molecule has 3 rings (SSSR count). The van der Waals surface area contributed by atoms with E-state index in [1.165, 1.54) is 5.56 Å². The van der Waals surface area contributed by atoms with E-state index >= 15 is 0 Å². The first-order valence-corrected chi connectivity index (χ1v) is 8.97. The molecule has 1 aromatic heterocycles. The van der Waals surface area contributed by atoms with Gasteiger partial charge in [0.05, 0.1) is 17.1 Å². The van der Waals surface area contributed by atoms with Crippen LogP contribution in [0, 0.1) is 18.3 Å².